The van der Waals surface area contributed by atoms with Gasteiger partial charge in [-0.15, -0.1) is 0 Å². The molecule has 8 heteroatoms. The third kappa shape index (κ3) is 4.28. The van der Waals surface area contributed by atoms with Crippen LogP contribution < -0.4 is 4.72 Å². The summed E-state index contributed by atoms with van der Waals surface area (Å²) in [6.45, 7) is 3.73. The number of hydrogen-bond acceptors (Lipinski definition) is 4. The quantitative estimate of drug-likeness (QED) is 0.895. The first-order valence-corrected chi connectivity index (χ1v) is 8.77. The van der Waals surface area contributed by atoms with Gasteiger partial charge in [0.05, 0.1) is 10.8 Å². The van der Waals surface area contributed by atoms with Gasteiger partial charge in [0.25, 0.3) is 10.0 Å². The predicted molar refractivity (Wildman–Crippen MR) is 81.4 cm³/mol. The van der Waals surface area contributed by atoms with Crippen molar-refractivity contribution in [3.8, 4) is 0 Å². The molecule has 6 nitrogen and oxygen atoms in total. The minimum Gasteiger partial charge on any atom is -0.342 e. The molecule has 1 atom stereocenters. The number of piperidine rings is 1. The minimum absolute atomic E-state index is 0.147. The molecule has 1 aromatic rings. The molecule has 2 rings (SSSR count). The summed E-state index contributed by atoms with van der Waals surface area (Å²) >= 11 is 0. The molecular formula is C15H19FN2O4S. The van der Waals surface area contributed by atoms with E-state index in [2.05, 4.69) is 0 Å². The summed E-state index contributed by atoms with van der Waals surface area (Å²) in [6, 6.07) is 3.36. The Morgan fingerprint density at radius 2 is 2.00 bits per heavy atom. The Morgan fingerprint density at radius 1 is 1.30 bits per heavy atom. The number of aryl methyl sites for hydroxylation is 1. The Balaban J connectivity index is 2.13. The Morgan fingerprint density at radius 3 is 2.61 bits per heavy atom. The van der Waals surface area contributed by atoms with Crippen LogP contribution in [0.2, 0.25) is 0 Å². The second kappa shape index (κ2) is 6.66. The molecule has 1 unspecified atom stereocenters. The summed E-state index contributed by atoms with van der Waals surface area (Å²) in [5.41, 5.74) is 0.443. The van der Waals surface area contributed by atoms with E-state index in [1.807, 2.05) is 4.72 Å². The van der Waals surface area contributed by atoms with Gasteiger partial charge in [0, 0.05) is 20.0 Å². The van der Waals surface area contributed by atoms with Crippen molar-refractivity contribution in [2.45, 2.75) is 31.6 Å². The average molecular weight is 342 g/mol. The van der Waals surface area contributed by atoms with Crippen molar-refractivity contribution in [1.29, 1.82) is 0 Å². The topological polar surface area (TPSA) is 83.6 Å². The number of nitrogens with one attached hydrogen (secondary N) is 1. The number of carbonyl (C=O) groups excluding carboxylic acids is 2. The highest BCUT2D eigenvalue weighted by molar-refractivity contribution is 7.90. The lowest BCUT2D eigenvalue weighted by Crippen LogP contribution is -2.46. The minimum atomic E-state index is -4.13. The summed E-state index contributed by atoms with van der Waals surface area (Å²) in [5.74, 6) is -2.08. The number of hydrogen-bond donors (Lipinski definition) is 1. The molecule has 0 radical (unpaired) electrons. The smallest absolute Gasteiger partial charge is 0.264 e. The molecule has 0 bridgehead atoms. The van der Waals surface area contributed by atoms with Crippen molar-refractivity contribution in [1.82, 2.24) is 9.62 Å². The molecule has 126 valence electrons. The van der Waals surface area contributed by atoms with Crippen LogP contribution in [0.1, 0.15) is 25.3 Å². The molecule has 1 fully saturated rings. The van der Waals surface area contributed by atoms with Gasteiger partial charge in [0.15, 0.2) is 0 Å². The van der Waals surface area contributed by atoms with Crippen molar-refractivity contribution in [2.75, 3.05) is 13.1 Å². The number of rotatable bonds is 3. The van der Waals surface area contributed by atoms with Crippen molar-refractivity contribution < 1.29 is 22.4 Å². The Kier molecular flexibility index (Phi) is 5.03. The van der Waals surface area contributed by atoms with Gasteiger partial charge in [-0.05, 0) is 43.5 Å². The number of carbonyl (C=O) groups is 2. The fraction of sp³-hybridized carbons (Fsp3) is 0.467. The SMILES string of the molecule is CC(=O)N1CCCC(C(=O)NS(=O)(=O)c2cc(C)cc(F)c2)C1. The highest BCUT2D eigenvalue weighted by Crippen LogP contribution is 2.19. The van der Waals surface area contributed by atoms with E-state index in [9.17, 15) is 22.4 Å². The lowest BCUT2D eigenvalue weighted by molar-refractivity contribution is -0.133. The van der Waals surface area contributed by atoms with E-state index in [1.165, 1.54) is 24.0 Å². The third-order valence-electron chi connectivity index (χ3n) is 3.80. The molecule has 1 aromatic carbocycles. The van der Waals surface area contributed by atoms with E-state index in [1.54, 1.807) is 6.92 Å². The molecule has 1 N–H and O–H groups in total. The van der Waals surface area contributed by atoms with Gasteiger partial charge in [-0.1, -0.05) is 0 Å². The summed E-state index contributed by atoms with van der Waals surface area (Å²) in [7, 11) is -4.13. The van der Waals surface area contributed by atoms with Crippen LogP contribution in [0, 0.1) is 18.7 Å². The van der Waals surface area contributed by atoms with Crippen LogP contribution in [0.5, 0.6) is 0 Å². The number of amides is 2. The second-order valence-corrected chi connectivity index (χ2v) is 7.42. The highest BCUT2D eigenvalue weighted by atomic mass is 32.2. The molecular weight excluding hydrogens is 323 g/mol. The molecule has 1 heterocycles. The number of benzene rings is 1. The van der Waals surface area contributed by atoms with Crippen molar-refractivity contribution >= 4 is 21.8 Å². The van der Waals surface area contributed by atoms with E-state index in [0.717, 1.165) is 6.07 Å². The normalized spacial score (nSPS) is 18.6. The zero-order chi connectivity index (χ0) is 17.2. The second-order valence-electron chi connectivity index (χ2n) is 5.74. The first-order valence-electron chi connectivity index (χ1n) is 7.28. The number of halogens is 1. The van der Waals surface area contributed by atoms with E-state index >= 15 is 0 Å². The van der Waals surface area contributed by atoms with Crippen LogP contribution in [-0.2, 0) is 19.6 Å². The van der Waals surface area contributed by atoms with Crippen LogP contribution in [0.25, 0.3) is 0 Å². The van der Waals surface area contributed by atoms with Crippen molar-refractivity contribution in [2.24, 2.45) is 5.92 Å². The van der Waals surface area contributed by atoms with Crippen LogP contribution >= 0.6 is 0 Å². The van der Waals surface area contributed by atoms with Gasteiger partial charge >= 0.3 is 0 Å². The Labute approximate surface area is 134 Å². The molecule has 1 aliphatic rings. The monoisotopic (exact) mass is 342 g/mol. The van der Waals surface area contributed by atoms with E-state index in [4.69, 9.17) is 0 Å². The molecule has 0 aromatic heterocycles. The Bertz CT molecular complexity index is 713. The van der Waals surface area contributed by atoms with E-state index in [-0.39, 0.29) is 17.3 Å². The zero-order valence-electron chi connectivity index (χ0n) is 13.0. The maximum Gasteiger partial charge on any atom is 0.264 e. The van der Waals surface area contributed by atoms with Gasteiger partial charge < -0.3 is 4.90 Å². The predicted octanol–water partition coefficient (Wildman–Crippen LogP) is 1.20. The molecule has 1 saturated heterocycles. The summed E-state index contributed by atoms with van der Waals surface area (Å²) in [6.07, 6.45) is 1.14. The summed E-state index contributed by atoms with van der Waals surface area (Å²) < 4.78 is 39.8. The molecule has 2 amide bonds. The summed E-state index contributed by atoms with van der Waals surface area (Å²) in [4.78, 5) is 24.8. The fourth-order valence-electron chi connectivity index (χ4n) is 2.61. The van der Waals surface area contributed by atoms with Gasteiger partial charge in [0.1, 0.15) is 5.82 Å². The first-order chi connectivity index (χ1) is 10.7. The van der Waals surface area contributed by atoms with Gasteiger partial charge in [0.2, 0.25) is 11.8 Å². The van der Waals surface area contributed by atoms with Crippen LogP contribution in [0.15, 0.2) is 23.1 Å². The summed E-state index contributed by atoms with van der Waals surface area (Å²) in [5, 5.41) is 0. The van der Waals surface area contributed by atoms with Gasteiger partial charge in [-0.25, -0.2) is 17.5 Å². The maximum atomic E-state index is 13.4. The molecule has 23 heavy (non-hydrogen) atoms. The first kappa shape index (κ1) is 17.4. The van der Waals surface area contributed by atoms with E-state index in [0.29, 0.717) is 24.9 Å². The largest absolute Gasteiger partial charge is 0.342 e. The Hall–Kier alpha value is -1.96. The van der Waals surface area contributed by atoms with Gasteiger partial charge in [-0.2, -0.15) is 0 Å². The lowest BCUT2D eigenvalue weighted by Gasteiger charge is -2.31. The maximum absolute atomic E-state index is 13.4. The van der Waals surface area contributed by atoms with Crippen molar-refractivity contribution in [3.05, 3.63) is 29.6 Å². The molecule has 0 aliphatic carbocycles. The van der Waals surface area contributed by atoms with Crippen molar-refractivity contribution in [3.63, 3.8) is 0 Å². The standard InChI is InChI=1S/C15H19FN2O4S/c1-10-6-13(16)8-14(7-10)23(21,22)17-15(20)12-4-3-5-18(9-12)11(2)19/h6-8,12H,3-5,9H2,1-2H3,(H,17,20). The van der Waals surface area contributed by atoms with E-state index < -0.39 is 27.7 Å². The lowest BCUT2D eigenvalue weighted by atomic mass is 9.97. The molecule has 1 aliphatic heterocycles. The number of sulfonamides is 1. The van der Waals surface area contributed by atoms with Crippen LogP contribution in [0.3, 0.4) is 0 Å². The molecule has 0 spiro atoms. The fourth-order valence-corrected chi connectivity index (χ4v) is 3.77. The van der Waals surface area contributed by atoms with Gasteiger partial charge in [-0.3, -0.25) is 9.59 Å². The zero-order valence-corrected chi connectivity index (χ0v) is 13.8. The molecule has 0 saturated carbocycles. The number of likely N-dealkylation sites (tertiary alicyclic amines) is 1. The third-order valence-corrected chi connectivity index (χ3v) is 5.12. The van der Waals surface area contributed by atoms with Crippen LogP contribution in [-0.4, -0.2) is 38.2 Å². The highest BCUT2D eigenvalue weighted by Gasteiger charge is 2.30. The van der Waals surface area contributed by atoms with Crippen LogP contribution in [0.4, 0.5) is 4.39 Å². The number of nitrogens with zero attached hydrogens (tertiary/aromatic N) is 1. The average Bonchev–Trinajstić information content (AvgIpc) is 2.46.